The predicted octanol–water partition coefficient (Wildman–Crippen LogP) is -2.08. The molecule has 1 rings (SSSR count). The number of hydrogen-bond acceptors (Lipinski definition) is 7. The first kappa shape index (κ1) is 23.1. The smallest absolute Gasteiger partial charge is 0.352 e. The van der Waals surface area contributed by atoms with Crippen LogP contribution in [0.15, 0.2) is 15.7 Å². The van der Waals surface area contributed by atoms with E-state index >= 15 is 0 Å². The van der Waals surface area contributed by atoms with Gasteiger partial charge in [-0.2, -0.15) is 0 Å². The fourth-order valence-electron chi connectivity index (χ4n) is 1.79. The standard InChI is InChI=1S/C10H19NO4.C5H4N2O4/c1-5-10(14)15-8(6-9(12)13)7-11(2,3)4;8-3-1-2(4(9)10)6-5(11)7-3/h8H,5-7H2,1-4H3;1H,(H,9,10)(H2,6,7,8,11). The van der Waals surface area contributed by atoms with Crippen LogP contribution in [-0.4, -0.2) is 71.3 Å². The van der Waals surface area contributed by atoms with Crippen molar-refractivity contribution in [3.8, 4) is 0 Å². The fourth-order valence-corrected chi connectivity index (χ4v) is 1.79. The molecule has 1 atom stereocenters. The van der Waals surface area contributed by atoms with Crippen molar-refractivity contribution >= 4 is 17.9 Å². The van der Waals surface area contributed by atoms with E-state index in [4.69, 9.17) is 9.84 Å². The van der Waals surface area contributed by atoms with Crippen LogP contribution in [0.25, 0.3) is 0 Å². The number of H-pyrrole nitrogens is 2. The summed E-state index contributed by atoms with van der Waals surface area (Å²) in [4.78, 5) is 56.4. The molecule has 0 fully saturated rings. The Morgan fingerprint density at radius 2 is 1.81 bits per heavy atom. The second kappa shape index (κ2) is 10.1. The number of esters is 1. The number of aromatic amines is 2. The molecule has 0 saturated heterocycles. The zero-order valence-corrected chi connectivity index (χ0v) is 15.0. The summed E-state index contributed by atoms with van der Waals surface area (Å²) >= 11 is 0. The summed E-state index contributed by atoms with van der Waals surface area (Å²) in [7, 11) is 5.71. The lowest BCUT2D eigenvalue weighted by molar-refractivity contribution is -0.873. The highest BCUT2D eigenvalue weighted by Gasteiger charge is 2.21. The third-order valence-electron chi connectivity index (χ3n) is 2.72. The molecule has 0 aliphatic carbocycles. The second-order valence-corrected chi connectivity index (χ2v) is 6.32. The molecule has 11 heteroatoms. The Morgan fingerprint density at radius 3 is 2.19 bits per heavy atom. The molecule has 11 nitrogen and oxygen atoms in total. The number of aromatic carboxylic acids is 1. The number of carboxylic acid groups (broad SMARTS) is 2. The first-order valence-corrected chi connectivity index (χ1v) is 7.60. The third kappa shape index (κ3) is 10.8. The van der Waals surface area contributed by atoms with Crippen molar-refractivity contribution in [2.45, 2.75) is 25.9 Å². The minimum absolute atomic E-state index is 0.249. The number of aliphatic carboxylic acids is 1. The lowest BCUT2D eigenvalue weighted by atomic mass is 10.2. The summed E-state index contributed by atoms with van der Waals surface area (Å²) < 4.78 is 5.55. The van der Waals surface area contributed by atoms with E-state index in [9.17, 15) is 29.1 Å². The summed E-state index contributed by atoms with van der Waals surface area (Å²) in [5.41, 5.74) is -1.97. The van der Waals surface area contributed by atoms with E-state index in [1.165, 1.54) is 0 Å². The Hall–Kier alpha value is -2.95. The number of rotatable bonds is 7. The van der Waals surface area contributed by atoms with Crippen LogP contribution in [0.3, 0.4) is 0 Å². The van der Waals surface area contributed by atoms with Gasteiger partial charge in [0.2, 0.25) is 0 Å². The molecular formula is C15H23N3O8. The van der Waals surface area contributed by atoms with E-state index < -0.39 is 35.0 Å². The van der Waals surface area contributed by atoms with Gasteiger partial charge in [-0.1, -0.05) is 6.92 Å². The van der Waals surface area contributed by atoms with Crippen molar-refractivity contribution in [3.05, 3.63) is 32.6 Å². The number of hydrogen-bond donors (Lipinski definition) is 3. The zero-order chi connectivity index (χ0) is 20.5. The molecule has 0 bridgehead atoms. The molecular weight excluding hydrogens is 350 g/mol. The Labute approximate surface area is 148 Å². The molecule has 1 aromatic heterocycles. The van der Waals surface area contributed by atoms with Gasteiger partial charge >= 0.3 is 17.6 Å². The van der Waals surface area contributed by atoms with E-state index in [1.807, 2.05) is 31.1 Å². The summed E-state index contributed by atoms with van der Waals surface area (Å²) in [6.07, 6.45) is -0.607. The number of carbonyl (C=O) groups excluding carboxylic acids is 2. The van der Waals surface area contributed by atoms with E-state index in [2.05, 4.69) is 0 Å². The molecule has 0 amide bonds. The molecule has 0 radical (unpaired) electrons. The molecule has 1 unspecified atom stereocenters. The van der Waals surface area contributed by atoms with Crippen molar-refractivity contribution in [1.82, 2.24) is 9.97 Å². The van der Waals surface area contributed by atoms with Crippen LogP contribution in [0.2, 0.25) is 0 Å². The van der Waals surface area contributed by atoms with E-state index in [0.717, 1.165) is 6.07 Å². The van der Waals surface area contributed by atoms with Crippen LogP contribution >= 0.6 is 0 Å². The fraction of sp³-hybridized carbons (Fsp3) is 0.533. The minimum atomic E-state index is -1.34. The first-order valence-electron chi connectivity index (χ1n) is 7.60. The molecule has 26 heavy (non-hydrogen) atoms. The van der Waals surface area contributed by atoms with Gasteiger partial charge in [0.05, 0.1) is 21.1 Å². The zero-order valence-electron chi connectivity index (χ0n) is 15.0. The van der Waals surface area contributed by atoms with E-state index in [1.54, 1.807) is 6.92 Å². The maximum atomic E-state index is 11.0. The number of carboxylic acids is 2. The molecule has 0 aliphatic heterocycles. The number of carbonyl (C=O) groups is 3. The summed E-state index contributed by atoms with van der Waals surface area (Å²) in [5, 5.41) is 18.8. The molecule has 1 aromatic rings. The van der Waals surface area contributed by atoms with Gasteiger partial charge in [0.1, 0.15) is 12.2 Å². The minimum Gasteiger partial charge on any atom is -0.550 e. The molecule has 0 spiro atoms. The molecule has 0 saturated carbocycles. The van der Waals surface area contributed by atoms with Gasteiger partial charge in [-0.25, -0.2) is 9.59 Å². The Balaban J connectivity index is 0.000000502. The monoisotopic (exact) mass is 373 g/mol. The number of ether oxygens (including phenoxy) is 1. The predicted molar refractivity (Wildman–Crippen MR) is 87.3 cm³/mol. The molecule has 1 heterocycles. The van der Waals surface area contributed by atoms with Crippen molar-refractivity contribution in [2.75, 3.05) is 27.7 Å². The topological polar surface area (TPSA) is 169 Å². The maximum absolute atomic E-state index is 11.0. The quantitative estimate of drug-likeness (QED) is 0.361. The molecule has 0 aliphatic rings. The first-order chi connectivity index (χ1) is 11.8. The lowest BCUT2D eigenvalue weighted by Crippen LogP contribution is -2.45. The van der Waals surface area contributed by atoms with E-state index in [0.29, 0.717) is 11.0 Å². The van der Waals surface area contributed by atoms with Gasteiger partial charge in [-0.05, 0) is 0 Å². The molecule has 3 N–H and O–H groups in total. The highest BCUT2D eigenvalue weighted by Crippen LogP contribution is 2.05. The average molecular weight is 373 g/mol. The Morgan fingerprint density at radius 1 is 1.23 bits per heavy atom. The highest BCUT2D eigenvalue weighted by atomic mass is 16.5. The summed E-state index contributed by atoms with van der Waals surface area (Å²) in [6.45, 7) is 2.13. The Kier molecular flexibility index (Phi) is 8.98. The third-order valence-corrected chi connectivity index (χ3v) is 2.72. The van der Waals surface area contributed by atoms with Gasteiger partial charge < -0.3 is 29.2 Å². The number of aromatic nitrogens is 2. The highest BCUT2D eigenvalue weighted by molar-refractivity contribution is 5.84. The van der Waals surface area contributed by atoms with Crippen LogP contribution in [0.1, 0.15) is 30.3 Å². The summed E-state index contributed by atoms with van der Waals surface area (Å²) in [6, 6.07) is 0.795. The molecule has 146 valence electrons. The number of nitrogens with one attached hydrogen (secondary N) is 2. The van der Waals surface area contributed by atoms with Crippen LogP contribution in [0.5, 0.6) is 0 Å². The number of nitrogens with zero attached hydrogens (tertiary/aromatic N) is 1. The van der Waals surface area contributed by atoms with Gasteiger partial charge in [0.15, 0.2) is 6.10 Å². The van der Waals surface area contributed by atoms with Gasteiger partial charge in [-0.3, -0.25) is 14.6 Å². The van der Waals surface area contributed by atoms with Crippen molar-refractivity contribution in [2.24, 2.45) is 0 Å². The SMILES string of the molecule is CCC(=O)OC(CC(=O)[O-])C[N+](C)(C)C.O=C(O)c1cc(=O)[nH]c(=O)[nH]1. The largest absolute Gasteiger partial charge is 0.550 e. The van der Waals surface area contributed by atoms with Crippen molar-refractivity contribution < 1.29 is 33.8 Å². The van der Waals surface area contributed by atoms with E-state index in [-0.39, 0.29) is 18.8 Å². The van der Waals surface area contributed by atoms with Crippen LogP contribution in [0, 0.1) is 0 Å². The molecule has 0 aromatic carbocycles. The van der Waals surface area contributed by atoms with Crippen LogP contribution in [0.4, 0.5) is 0 Å². The van der Waals surface area contributed by atoms with Crippen molar-refractivity contribution in [1.29, 1.82) is 0 Å². The number of quaternary nitrogens is 1. The Bertz CT molecular complexity index is 716. The van der Waals surface area contributed by atoms with Gasteiger partial charge in [0.25, 0.3) is 5.56 Å². The van der Waals surface area contributed by atoms with Crippen LogP contribution < -0.4 is 16.4 Å². The van der Waals surface area contributed by atoms with Crippen molar-refractivity contribution in [3.63, 3.8) is 0 Å². The normalized spacial score (nSPS) is 11.7. The average Bonchev–Trinajstić information content (AvgIpc) is 2.44. The maximum Gasteiger partial charge on any atom is 0.352 e. The van der Waals surface area contributed by atoms with Gasteiger partial charge in [-0.15, -0.1) is 0 Å². The van der Waals surface area contributed by atoms with Crippen LogP contribution in [-0.2, 0) is 14.3 Å². The second-order valence-electron chi connectivity index (χ2n) is 6.32. The number of likely N-dealkylation sites (N-methyl/N-ethyl adjacent to an activating group) is 1. The summed E-state index contributed by atoms with van der Waals surface area (Å²) in [5.74, 6) is -2.92. The lowest BCUT2D eigenvalue weighted by Gasteiger charge is -2.29. The van der Waals surface area contributed by atoms with Gasteiger partial charge in [0, 0.05) is 24.9 Å².